The number of carbonyl (C=O) groups is 2. The van der Waals surface area contributed by atoms with E-state index in [0.717, 1.165) is 44.9 Å². The molecule has 72 heavy (non-hydrogen) atoms. The molecule has 0 aromatic rings. The number of ether oxygens (including phenoxy) is 3. The van der Waals surface area contributed by atoms with Crippen LogP contribution >= 0.6 is 0 Å². The van der Waals surface area contributed by atoms with Gasteiger partial charge >= 0.3 is 5.97 Å². The molecule has 0 radical (unpaired) electrons. The molecule has 1 heterocycles. The third-order valence-electron chi connectivity index (χ3n) is 14.0. The average Bonchev–Trinajstić information content (AvgIpc) is 3.38. The zero-order valence-electron chi connectivity index (χ0n) is 46.3. The Labute approximate surface area is 440 Å². The van der Waals surface area contributed by atoms with Crippen molar-refractivity contribution in [2.45, 2.75) is 314 Å². The molecule has 0 aliphatic carbocycles. The number of carbonyl (C=O) groups excluding carboxylic acids is 2. The van der Waals surface area contributed by atoms with Crippen LogP contribution in [0.3, 0.4) is 0 Å². The van der Waals surface area contributed by atoms with Crippen LogP contribution < -0.4 is 5.32 Å². The van der Waals surface area contributed by atoms with Crippen molar-refractivity contribution >= 4 is 11.9 Å². The van der Waals surface area contributed by atoms with E-state index in [9.17, 15) is 35.1 Å². The Balaban J connectivity index is 2.71. The van der Waals surface area contributed by atoms with E-state index in [1.54, 1.807) is 12.2 Å². The highest BCUT2D eigenvalue weighted by Crippen LogP contribution is 2.26. The van der Waals surface area contributed by atoms with Gasteiger partial charge in [0.25, 0.3) is 0 Å². The summed E-state index contributed by atoms with van der Waals surface area (Å²) in [4.78, 5) is 26.4. The van der Waals surface area contributed by atoms with Gasteiger partial charge in [0.1, 0.15) is 24.4 Å². The monoisotopic (exact) mass is 1020 g/mol. The van der Waals surface area contributed by atoms with Gasteiger partial charge in [0.2, 0.25) is 5.91 Å². The summed E-state index contributed by atoms with van der Waals surface area (Å²) in [5, 5.41) is 56.7. The molecule has 0 spiro atoms. The molecule has 1 fully saturated rings. The van der Waals surface area contributed by atoms with Gasteiger partial charge in [0.15, 0.2) is 12.4 Å². The predicted octanol–water partition coefficient (Wildman–Crippen LogP) is 13.7. The van der Waals surface area contributed by atoms with Crippen LogP contribution in [0.15, 0.2) is 48.6 Å². The standard InChI is InChI=1S/C61H111NO10/c1-4-7-10-13-16-19-22-25-26-27-28-29-30-31-34-37-40-43-46-49-56(66)72-59-58(68)57(67)55(50-63)71-61(59)70-51-52(53(64)47-44-41-38-35-32-23-20-17-14-11-8-5-2)62-60(69)54(65)48-45-42-39-36-33-24-21-18-15-12-9-6-3/h25-26,33,36,42,44-45,47,52-55,57-59,61,63-65,67-68H,4-24,27-32,34-35,37-41,43,46,48-51H2,1-3H3,(H,62,69)/b26-25+,36-33-,45-42+,47-44+. The lowest BCUT2D eigenvalue weighted by Crippen LogP contribution is -2.61. The van der Waals surface area contributed by atoms with Crippen molar-refractivity contribution in [2.24, 2.45) is 0 Å². The van der Waals surface area contributed by atoms with Crippen molar-refractivity contribution in [3.8, 4) is 0 Å². The molecular formula is C61H111NO10. The third-order valence-corrected chi connectivity index (χ3v) is 14.0. The average molecular weight is 1020 g/mol. The second-order valence-electron chi connectivity index (χ2n) is 20.7. The van der Waals surface area contributed by atoms with E-state index in [0.29, 0.717) is 12.8 Å². The van der Waals surface area contributed by atoms with E-state index in [2.05, 4.69) is 50.4 Å². The summed E-state index contributed by atoms with van der Waals surface area (Å²) in [5.41, 5.74) is 0. The quantitative estimate of drug-likeness (QED) is 0.0195. The summed E-state index contributed by atoms with van der Waals surface area (Å²) >= 11 is 0. The molecule has 8 atom stereocenters. The van der Waals surface area contributed by atoms with Crippen molar-refractivity contribution in [3.63, 3.8) is 0 Å². The Morgan fingerprint density at radius 3 is 1.43 bits per heavy atom. The van der Waals surface area contributed by atoms with Gasteiger partial charge in [-0.15, -0.1) is 0 Å². The largest absolute Gasteiger partial charge is 0.454 e. The van der Waals surface area contributed by atoms with Gasteiger partial charge in [-0.25, -0.2) is 0 Å². The molecule has 420 valence electrons. The summed E-state index contributed by atoms with van der Waals surface area (Å²) in [7, 11) is 0. The zero-order chi connectivity index (χ0) is 52.5. The van der Waals surface area contributed by atoms with Gasteiger partial charge in [-0.2, -0.15) is 0 Å². The fourth-order valence-corrected chi connectivity index (χ4v) is 9.16. The maximum atomic E-state index is 13.3. The maximum absolute atomic E-state index is 13.3. The van der Waals surface area contributed by atoms with Crippen LogP contribution in [0, 0.1) is 0 Å². The topological polar surface area (TPSA) is 175 Å². The second kappa shape index (κ2) is 49.5. The number of nitrogens with one attached hydrogen (secondary N) is 1. The fourth-order valence-electron chi connectivity index (χ4n) is 9.16. The summed E-state index contributed by atoms with van der Waals surface area (Å²) in [6.45, 7) is 5.73. The summed E-state index contributed by atoms with van der Waals surface area (Å²) in [6.07, 6.45) is 48.9. The summed E-state index contributed by atoms with van der Waals surface area (Å²) in [5.74, 6) is -1.27. The number of aliphatic hydroxyl groups is 5. The van der Waals surface area contributed by atoms with Gasteiger partial charge in [-0.3, -0.25) is 9.59 Å². The van der Waals surface area contributed by atoms with Crippen LogP contribution in [-0.2, 0) is 23.8 Å². The van der Waals surface area contributed by atoms with Gasteiger partial charge < -0.3 is 45.1 Å². The molecule has 6 N–H and O–H groups in total. The lowest BCUT2D eigenvalue weighted by molar-refractivity contribution is -0.305. The lowest BCUT2D eigenvalue weighted by atomic mass is 9.99. The van der Waals surface area contributed by atoms with Gasteiger partial charge in [-0.05, 0) is 64.2 Å². The molecule has 8 unspecified atom stereocenters. The first-order chi connectivity index (χ1) is 35.2. The molecule has 0 saturated carbocycles. The van der Waals surface area contributed by atoms with Crippen LogP contribution in [0.25, 0.3) is 0 Å². The number of allylic oxidation sites excluding steroid dienone is 6. The number of esters is 1. The van der Waals surface area contributed by atoms with Crippen molar-refractivity contribution in [1.29, 1.82) is 0 Å². The molecular weight excluding hydrogens is 907 g/mol. The molecule has 1 saturated heterocycles. The number of hydrogen-bond acceptors (Lipinski definition) is 10. The van der Waals surface area contributed by atoms with E-state index in [1.807, 2.05) is 12.2 Å². The minimum Gasteiger partial charge on any atom is -0.454 e. The van der Waals surface area contributed by atoms with E-state index in [4.69, 9.17) is 14.2 Å². The van der Waals surface area contributed by atoms with Crippen LogP contribution in [0.4, 0.5) is 0 Å². The molecule has 1 amide bonds. The number of hydrogen-bond donors (Lipinski definition) is 6. The molecule has 0 aromatic heterocycles. The summed E-state index contributed by atoms with van der Waals surface area (Å²) < 4.78 is 17.6. The SMILES string of the molecule is CCCCCCCC/C=C\C/C=C/CC(O)C(=O)NC(COC1OC(CO)C(O)C(O)C1OC(=O)CCCCCCCCCCC/C=C/CCCCCCCC)C(O)/C=C/CCCCCCCCCCCC. The van der Waals surface area contributed by atoms with Crippen LogP contribution in [0.1, 0.15) is 265 Å². The molecule has 1 aliphatic heterocycles. The smallest absolute Gasteiger partial charge is 0.306 e. The van der Waals surface area contributed by atoms with Crippen LogP contribution in [0.2, 0.25) is 0 Å². The van der Waals surface area contributed by atoms with Gasteiger partial charge in [0, 0.05) is 12.8 Å². The lowest BCUT2D eigenvalue weighted by Gasteiger charge is -2.41. The van der Waals surface area contributed by atoms with Crippen LogP contribution in [0.5, 0.6) is 0 Å². The number of unbranched alkanes of at least 4 members (excludes halogenated alkanes) is 31. The van der Waals surface area contributed by atoms with Crippen molar-refractivity contribution in [1.82, 2.24) is 5.32 Å². The Hall–Kier alpha value is -2.38. The number of aliphatic hydroxyl groups excluding tert-OH is 5. The number of amides is 1. The predicted molar refractivity (Wildman–Crippen MR) is 297 cm³/mol. The Kier molecular flexibility index (Phi) is 46.5. The maximum Gasteiger partial charge on any atom is 0.306 e. The minimum absolute atomic E-state index is 0.0824. The van der Waals surface area contributed by atoms with E-state index >= 15 is 0 Å². The second-order valence-corrected chi connectivity index (χ2v) is 20.7. The highest BCUT2D eigenvalue weighted by Gasteiger charge is 2.47. The van der Waals surface area contributed by atoms with Crippen LogP contribution in [-0.4, -0.2) is 99.6 Å². The Morgan fingerprint density at radius 2 is 0.958 bits per heavy atom. The van der Waals surface area contributed by atoms with Gasteiger partial charge in [-0.1, -0.05) is 236 Å². The highest BCUT2D eigenvalue weighted by atomic mass is 16.7. The molecule has 1 rings (SSSR count). The first-order valence-electron chi connectivity index (χ1n) is 29.9. The minimum atomic E-state index is -1.62. The molecule has 11 heteroatoms. The molecule has 0 bridgehead atoms. The fraction of sp³-hybridized carbons (Fsp3) is 0.836. The molecule has 1 aliphatic rings. The first kappa shape index (κ1) is 67.6. The van der Waals surface area contributed by atoms with Crippen molar-refractivity contribution in [3.05, 3.63) is 48.6 Å². The van der Waals surface area contributed by atoms with E-state index in [1.165, 1.54) is 173 Å². The Morgan fingerprint density at radius 1 is 0.542 bits per heavy atom. The Bertz CT molecular complexity index is 1350. The molecule has 0 aromatic carbocycles. The van der Waals surface area contributed by atoms with E-state index < -0.39 is 67.4 Å². The van der Waals surface area contributed by atoms with E-state index in [-0.39, 0.29) is 19.4 Å². The van der Waals surface area contributed by atoms with Gasteiger partial charge in [0.05, 0.1) is 25.4 Å². The number of rotatable bonds is 50. The summed E-state index contributed by atoms with van der Waals surface area (Å²) in [6, 6.07) is -1.05. The first-order valence-corrected chi connectivity index (χ1v) is 29.9. The highest BCUT2D eigenvalue weighted by molar-refractivity contribution is 5.81. The third kappa shape index (κ3) is 37.4. The van der Waals surface area contributed by atoms with Crippen molar-refractivity contribution < 1.29 is 49.3 Å². The van der Waals surface area contributed by atoms with Crippen molar-refractivity contribution in [2.75, 3.05) is 13.2 Å². The molecule has 11 nitrogen and oxygen atoms in total. The normalized spacial score (nSPS) is 19.8. The zero-order valence-corrected chi connectivity index (χ0v) is 46.3.